The molecule has 4 aliphatic rings. The number of carbonyl (C=O) groups excluding carboxylic acids is 2. The average molecular weight is 837 g/mol. The second kappa shape index (κ2) is 15.2. The number of para-hydroxylation sites is 2. The quantitative estimate of drug-likeness (QED) is 0.124. The van der Waals surface area contributed by atoms with Crippen molar-refractivity contribution in [2.45, 2.75) is 56.9 Å². The molecular formula is C45H49N4O8PS. The first-order valence-corrected chi connectivity index (χ1v) is 23.5. The van der Waals surface area contributed by atoms with Crippen LogP contribution in [0.2, 0.25) is 0 Å². The molecule has 0 radical (unpaired) electrons. The van der Waals surface area contributed by atoms with E-state index in [4.69, 9.17) is 13.8 Å². The second-order valence-electron chi connectivity index (χ2n) is 16.7. The van der Waals surface area contributed by atoms with Crippen LogP contribution in [0.4, 0.5) is 0 Å². The summed E-state index contributed by atoms with van der Waals surface area (Å²) in [5.41, 5.74) is 4.65. The average Bonchev–Trinajstić information content (AvgIpc) is 3.89. The number of benzene rings is 4. The lowest BCUT2D eigenvalue weighted by Crippen LogP contribution is -2.54. The van der Waals surface area contributed by atoms with Gasteiger partial charge in [0.1, 0.15) is 17.2 Å². The Morgan fingerprint density at radius 2 is 1.53 bits per heavy atom. The van der Waals surface area contributed by atoms with Crippen molar-refractivity contribution in [2.24, 2.45) is 11.3 Å². The number of carbonyl (C=O) groups is 2. The lowest BCUT2D eigenvalue weighted by atomic mass is 9.81. The molecule has 2 atom stereocenters. The largest absolute Gasteiger partial charge is 0.497 e. The second-order valence-corrected chi connectivity index (χ2v) is 20.5. The van der Waals surface area contributed by atoms with Crippen LogP contribution in [0.1, 0.15) is 71.8 Å². The predicted octanol–water partition coefficient (Wildman–Crippen LogP) is 8.20. The van der Waals surface area contributed by atoms with Crippen molar-refractivity contribution in [3.8, 4) is 28.5 Å². The molecule has 1 aromatic heterocycles. The first-order chi connectivity index (χ1) is 28.4. The third kappa shape index (κ3) is 7.31. The number of hydrogen-bond acceptors (Lipinski definition) is 8. The number of nitrogens with zero attached hydrogens (tertiary/aromatic N) is 3. The predicted molar refractivity (Wildman–Crippen MR) is 226 cm³/mol. The zero-order valence-corrected chi connectivity index (χ0v) is 35.2. The van der Waals surface area contributed by atoms with E-state index in [0.717, 1.165) is 63.5 Å². The summed E-state index contributed by atoms with van der Waals surface area (Å²) in [5.74, 6) is 1.05. The molecule has 1 saturated heterocycles. The monoisotopic (exact) mass is 836 g/mol. The van der Waals surface area contributed by atoms with Gasteiger partial charge in [0.15, 0.2) is 0 Å². The molecule has 12 nitrogen and oxygen atoms in total. The Balaban J connectivity index is 1.07. The number of fused-ring (bicyclic) bond motifs is 7. The van der Waals surface area contributed by atoms with Gasteiger partial charge in [0, 0.05) is 67.6 Å². The van der Waals surface area contributed by atoms with Crippen LogP contribution in [0.25, 0.3) is 22.2 Å². The van der Waals surface area contributed by atoms with E-state index in [2.05, 4.69) is 21.4 Å². The molecule has 1 N–H and O–H groups in total. The smallest absolute Gasteiger partial charge is 0.431 e. The summed E-state index contributed by atoms with van der Waals surface area (Å²) in [7, 11) is -3.32. The van der Waals surface area contributed by atoms with Gasteiger partial charge in [-0.1, -0.05) is 61.7 Å². The van der Waals surface area contributed by atoms with E-state index >= 15 is 4.79 Å². The van der Waals surface area contributed by atoms with Crippen molar-refractivity contribution in [1.82, 2.24) is 18.5 Å². The van der Waals surface area contributed by atoms with Gasteiger partial charge in [-0.25, -0.2) is 9.29 Å². The van der Waals surface area contributed by atoms with E-state index < -0.39 is 29.1 Å². The molecule has 2 aliphatic heterocycles. The summed E-state index contributed by atoms with van der Waals surface area (Å²) in [5, 5.41) is 1.01. The maximum atomic E-state index is 15.0. The number of methoxy groups -OCH3 is 1. The third-order valence-electron chi connectivity index (χ3n) is 12.6. The van der Waals surface area contributed by atoms with Crippen molar-refractivity contribution in [3.63, 3.8) is 0 Å². The fourth-order valence-electron chi connectivity index (χ4n) is 9.55. The fraction of sp³-hybridized carbons (Fsp3) is 0.378. The summed E-state index contributed by atoms with van der Waals surface area (Å²) >= 11 is 0. The maximum absolute atomic E-state index is 15.0. The van der Waals surface area contributed by atoms with Gasteiger partial charge < -0.3 is 23.3 Å². The molecule has 2 saturated carbocycles. The molecule has 2 amide bonds. The van der Waals surface area contributed by atoms with E-state index in [1.807, 2.05) is 53.4 Å². The van der Waals surface area contributed by atoms with Crippen LogP contribution in [0, 0.1) is 11.3 Å². The van der Waals surface area contributed by atoms with Gasteiger partial charge in [-0.15, -0.1) is 0 Å². The summed E-state index contributed by atoms with van der Waals surface area (Å²) < 4.78 is 63.1. The van der Waals surface area contributed by atoms with Crippen LogP contribution in [-0.2, 0) is 26.1 Å². The highest BCUT2D eigenvalue weighted by Gasteiger charge is 2.65. The molecule has 59 heavy (non-hydrogen) atoms. The zero-order valence-electron chi connectivity index (χ0n) is 33.5. The Bertz CT molecular complexity index is 2540. The van der Waals surface area contributed by atoms with Crippen LogP contribution in [-0.4, -0.2) is 74.5 Å². The minimum atomic E-state index is -4.03. The molecule has 5 aromatic rings. The number of aromatic nitrogens is 1. The first kappa shape index (κ1) is 39.4. The number of rotatable bonds is 12. The van der Waals surface area contributed by atoms with Gasteiger partial charge >= 0.3 is 17.8 Å². The Labute approximate surface area is 345 Å². The summed E-state index contributed by atoms with van der Waals surface area (Å²) in [6.45, 7) is 1.21. The molecule has 0 bridgehead atoms. The van der Waals surface area contributed by atoms with Gasteiger partial charge in [0.2, 0.25) is 5.91 Å². The fourth-order valence-corrected chi connectivity index (χ4v) is 12.0. The van der Waals surface area contributed by atoms with E-state index in [-0.39, 0.29) is 35.4 Å². The van der Waals surface area contributed by atoms with Crippen molar-refractivity contribution in [3.05, 3.63) is 114 Å². The number of ether oxygens (including phenoxy) is 1. The number of hydrogen-bond donors (Lipinski definition) is 1. The summed E-state index contributed by atoms with van der Waals surface area (Å²) in [4.78, 5) is 30.4. The molecule has 0 spiro atoms. The highest BCUT2D eigenvalue weighted by molar-refractivity contribution is 7.87. The number of likely N-dealkylation sites (tertiary alicyclic amines) is 1. The van der Waals surface area contributed by atoms with Gasteiger partial charge in [0.25, 0.3) is 5.91 Å². The van der Waals surface area contributed by atoms with Crippen LogP contribution in [0.3, 0.4) is 0 Å². The van der Waals surface area contributed by atoms with Gasteiger partial charge in [-0.05, 0) is 90.9 Å². The highest BCUT2D eigenvalue weighted by atomic mass is 32.2. The Morgan fingerprint density at radius 1 is 0.864 bits per heavy atom. The summed E-state index contributed by atoms with van der Waals surface area (Å²) in [6, 6.07) is 29.6. The van der Waals surface area contributed by atoms with Crippen molar-refractivity contribution in [2.75, 3.05) is 40.5 Å². The SMILES string of the molecule is COc1ccc2c(c1)C1CC1(C(=O)N1CC(CP(=O)(Oc3ccccc3)Oc3ccccc3)C1)Cn1c-2c(C2CCCCC2)c2ccc(C(=O)NS(=O)(=O)N(C)C)cc21. The van der Waals surface area contributed by atoms with Crippen molar-refractivity contribution in [1.29, 1.82) is 0 Å². The highest BCUT2D eigenvalue weighted by Crippen LogP contribution is 2.66. The molecule has 4 aromatic carbocycles. The lowest BCUT2D eigenvalue weighted by Gasteiger charge is -2.42. The minimum Gasteiger partial charge on any atom is -0.497 e. The van der Waals surface area contributed by atoms with Crippen LogP contribution in [0.5, 0.6) is 17.2 Å². The van der Waals surface area contributed by atoms with Crippen molar-refractivity contribution < 1.29 is 36.4 Å². The molecule has 3 fully saturated rings. The number of nitrogens with one attached hydrogen (secondary N) is 1. The Morgan fingerprint density at radius 3 is 2.15 bits per heavy atom. The van der Waals surface area contributed by atoms with E-state index in [9.17, 15) is 17.8 Å². The maximum Gasteiger partial charge on any atom is 0.431 e. The molecule has 2 aliphatic carbocycles. The topological polar surface area (TPSA) is 136 Å². The molecule has 14 heteroatoms. The van der Waals surface area contributed by atoms with Gasteiger partial charge in [-0.2, -0.15) is 12.7 Å². The van der Waals surface area contributed by atoms with E-state index in [1.165, 1.54) is 26.1 Å². The zero-order chi connectivity index (χ0) is 41.1. The van der Waals surface area contributed by atoms with E-state index in [0.29, 0.717) is 37.6 Å². The van der Waals surface area contributed by atoms with E-state index in [1.54, 1.807) is 43.5 Å². The standard InChI is InChI=1S/C45H49N4O8PS/c1-47(2)59(53,54)46-43(50)32-19-21-37-40(23-32)49-29-45(25-39(45)38-24-35(55-3)20-22-36(38)42(49)41(37)31-13-7-4-8-14-31)44(51)48-26-30(27-48)28-58(52,56-33-15-9-5-10-16-33)57-34-17-11-6-12-18-34/h5-6,9-12,15-24,30-31,39H,4,7-8,13-14,25-29H2,1-3H3,(H,46,50). The molecule has 308 valence electrons. The molecule has 9 rings (SSSR count). The summed E-state index contributed by atoms with van der Waals surface area (Å²) in [6.07, 6.45) is 6.28. The molecule has 2 unspecified atom stereocenters. The van der Waals surface area contributed by atoms with Gasteiger partial charge in [0.05, 0.1) is 24.4 Å². The van der Waals surface area contributed by atoms with Crippen LogP contribution in [0.15, 0.2) is 97.1 Å². The molecule has 3 heterocycles. The Hall–Kier alpha value is -5.10. The third-order valence-corrected chi connectivity index (χ3v) is 16.0. The normalized spacial score (nSPS) is 20.5. The molecular weight excluding hydrogens is 788 g/mol. The lowest BCUT2D eigenvalue weighted by molar-refractivity contribution is -0.143. The Kier molecular flexibility index (Phi) is 10.1. The van der Waals surface area contributed by atoms with Gasteiger partial charge in [-0.3, -0.25) is 9.59 Å². The van der Waals surface area contributed by atoms with Crippen LogP contribution < -0.4 is 18.5 Å². The number of amides is 2. The minimum absolute atomic E-state index is 0.0372. The van der Waals surface area contributed by atoms with Crippen molar-refractivity contribution >= 4 is 40.5 Å². The first-order valence-electron chi connectivity index (χ1n) is 20.3. The van der Waals surface area contributed by atoms with Crippen LogP contribution >= 0.6 is 7.60 Å².